The van der Waals surface area contributed by atoms with Crippen molar-refractivity contribution in [1.82, 2.24) is 0 Å². The van der Waals surface area contributed by atoms with E-state index in [9.17, 15) is 0 Å². The second-order valence-corrected chi connectivity index (χ2v) is 16.3. The van der Waals surface area contributed by atoms with Crippen molar-refractivity contribution in [2.24, 2.45) is 0 Å². The highest BCUT2D eigenvalue weighted by Gasteiger charge is 2.24. The minimum absolute atomic E-state index is 1.10. The zero-order valence-electron chi connectivity index (χ0n) is 34.6. The lowest BCUT2D eigenvalue weighted by molar-refractivity contribution is 1.30. The second-order valence-electron chi connectivity index (χ2n) is 16.3. The molecular formula is C62H41N. The van der Waals surface area contributed by atoms with E-state index in [0.717, 1.165) is 17.1 Å². The summed E-state index contributed by atoms with van der Waals surface area (Å²) in [7, 11) is 0. The zero-order valence-corrected chi connectivity index (χ0v) is 34.6. The molecule has 0 heterocycles. The summed E-state index contributed by atoms with van der Waals surface area (Å²) >= 11 is 0. The van der Waals surface area contributed by atoms with Crippen molar-refractivity contribution >= 4 is 70.9 Å². The van der Waals surface area contributed by atoms with Gasteiger partial charge in [-0.3, -0.25) is 0 Å². The fraction of sp³-hybridized carbons (Fsp3) is 0. The number of fused-ring (bicyclic) bond motifs is 8. The Bertz CT molecular complexity index is 3660. The van der Waals surface area contributed by atoms with Gasteiger partial charge in [0.2, 0.25) is 0 Å². The molecule has 294 valence electrons. The molecule has 0 fully saturated rings. The summed E-state index contributed by atoms with van der Waals surface area (Å²) in [5.74, 6) is 0. The Morgan fingerprint density at radius 2 is 0.730 bits per heavy atom. The predicted molar refractivity (Wildman–Crippen MR) is 270 cm³/mol. The lowest BCUT2D eigenvalue weighted by Crippen LogP contribution is -2.12. The van der Waals surface area contributed by atoms with Gasteiger partial charge in [-0.05, 0) is 118 Å². The van der Waals surface area contributed by atoms with Crippen molar-refractivity contribution in [3.05, 3.63) is 249 Å². The van der Waals surface area contributed by atoms with Gasteiger partial charge in [0, 0.05) is 16.6 Å². The standard InChI is InChI=1S/C62H41N/c1-4-20-44(21-5-1)55-41-56(45-22-6-2-7-23-45)61-53-34-15-14-32-51(53)57-40-47(38-39-54(57)62(61)60(55)46-26-8-3-9-27-46)63(58-37-19-29-43-25-11-13-31-49(43)58)59-36-17-16-33-52(59)50-35-18-28-42-24-10-12-30-48(42)50/h1-41H. The first-order valence-electron chi connectivity index (χ1n) is 21.8. The van der Waals surface area contributed by atoms with Crippen molar-refractivity contribution in [1.29, 1.82) is 0 Å². The van der Waals surface area contributed by atoms with Gasteiger partial charge in [-0.15, -0.1) is 0 Å². The van der Waals surface area contributed by atoms with Gasteiger partial charge in [0.05, 0.1) is 11.4 Å². The van der Waals surface area contributed by atoms with Crippen molar-refractivity contribution in [3.8, 4) is 44.5 Å². The molecule has 0 aliphatic carbocycles. The number of rotatable bonds is 7. The molecule has 0 amide bonds. The fourth-order valence-corrected chi connectivity index (χ4v) is 10.0. The lowest BCUT2D eigenvalue weighted by atomic mass is 9.81. The first-order chi connectivity index (χ1) is 31.3. The average molecular weight is 800 g/mol. The quantitative estimate of drug-likeness (QED) is 0.145. The Kier molecular flexibility index (Phi) is 8.90. The van der Waals surface area contributed by atoms with E-state index < -0.39 is 0 Å². The molecule has 0 spiro atoms. The smallest absolute Gasteiger partial charge is 0.0540 e. The summed E-state index contributed by atoms with van der Waals surface area (Å²) in [6.45, 7) is 0. The Morgan fingerprint density at radius 1 is 0.238 bits per heavy atom. The number of benzene rings is 12. The zero-order chi connectivity index (χ0) is 41.7. The molecule has 1 nitrogen and oxygen atoms in total. The molecule has 12 rings (SSSR count). The highest BCUT2D eigenvalue weighted by Crippen LogP contribution is 2.51. The third-order valence-corrected chi connectivity index (χ3v) is 12.8. The SMILES string of the molecule is c1ccc(-c2cc(-c3ccccc3)c3c4ccccc4c4cc(N(c5ccccc5-c5cccc6ccccc56)c5cccc6ccccc56)ccc4c3c2-c2ccccc2)cc1. The van der Waals surface area contributed by atoms with E-state index in [4.69, 9.17) is 0 Å². The summed E-state index contributed by atoms with van der Waals surface area (Å²) in [5.41, 5.74) is 13.0. The summed E-state index contributed by atoms with van der Waals surface area (Å²) < 4.78 is 0. The number of hydrogen-bond acceptors (Lipinski definition) is 1. The maximum Gasteiger partial charge on any atom is 0.0540 e. The summed E-state index contributed by atoms with van der Waals surface area (Å²) in [6.07, 6.45) is 0. The molecule has 0 atom stereocenters. The van der Waals surface area contributed by atoms with Gasteiger partial charge in [-0.2, -0.15) is 0 Å². The normalized spacial score (nSPS) is 11.5. The molecule has 0 N–H and O–H groups in total. The topological polar surface area (TPSA) is 3.24 Å². The Labute approximate surface area is 367 Å². The van der Waals surface area contributed by atoms with Crippen LogP contribution in [0.2, 0.25) is 0 Å². The molecule has 0 radical (unpaired) electrons. The van der Waals surface area contributed by atoms with E-state index in [-0.39, 0.29) is 0 Å². The molecule has 0 unspecified atom stereocenters. The Morgan fingerprint density at radius 3 is 1.46 bits per heavy atom. The minimum Gasteiger partial charge on any atom is -0.309 e. The van der Waals surface area contributed by atoms with Crippen molar-refractivity contribution in [2.75, 3.05) is 4.90 Å². The number of hydrogen-bond donors (Lipinski definition) is 0. The third kappa shape index (κ3) is 6.17. The van der Waals surface area contributed by atoms with Crippen LogP contribution in [-0.2, 0) is 0 Å². The highest BCUT2D eigenvalue weighted by atomic mass is 15.1. The first-order valence-corrected chi connectivity index (χ1v) is 21.8. The molecule has 1 heteroatoms. The average Bonchev–Trinajstić information content (AvgIpc) is 3.37. The molecular weight excluding hydrogens is 759 g/mol. The van der Waals surface area contributed by atoms with Crippen LogP contribution in [0.4, 0.5) is 17.1 Å². The predicted octanol–water partition coefficient (Wildman–Crippen LogP) is 17.6. The monoisotopic (exact) mass is 799 g/mol. The Hall–Kier alpha value is -8.26. The maximum absolute atomic E-state index is 2.49. The van der Waals surface area contributed by atoms with Crippen molar-refractivity contribution < 1.29 is 0 Å². The van der Waals surface area contributed by atoms with Crippen LogP contribution in [0.25, 0.3) is 98.4 Å². The molecule has 0 saturated heterocycles. The van der Waals surface area contributed by atoms with Crippen LogP contribution in [0.15, 0.2) is 249 Å². The first kappa shape index (κ1) is 36.6. The van der Waals surface area contributed by atoms with Crippen LogP contribution in [0.1, 0.15) is 0 Å². The van der Waals surface area contributed by atoms with E-state index in [0.29, 0.717) is 0 Å². The molecule has 0 aliphatic heterocycles. The van der Waals surface area contributed by atoms with E-state index in [2.05, 4.69) is 254 Å². The molecule has 0 bridgehead atoms. The van der Waals surface area contributed by atoms with Gasteiger partial charge < -0.3 is 4.90 Å². The van der Waals surface area contributed by atoms with E-state index in [1.807, 2.05) is 0 Å². The van der Waals surface area contributed by atoms with Crippen molar-refractivity contribution in [3.63, 3.8) is 0 Å². The fourth-order valence-electron chi connectivity index (χ4n) is 10.0. The number of para-hydroxylation sites is 1. The van der Waals surface area contributed by atoms with Crippen LogP contribution in [0.5, 0.6) is 0 Å². The summed E-state index contributed by atoms with van der Waals surface area (Å²) in [6, 6.07) is 91.2. The van der Waals surface area contributed by atoms with Gasteiger partial charge in [0.15, 0.2) is 0 Å². The second kappa shape index (κ2) is 15.3. The largest absolute Gasteiger partial charge is 0.309 e. The van der Waals surface area contributed by atoms with Gasteiger partial charge in [0.1, 0.15) is 0 Å². The number of anilines is 3. The van der Waals surface area contributed by atoms with Gasteiger partial charge in [-0.25, -0.2) is 0 Å². The van der Waals surface area contributed by atoms with Crippen molar-refractivity contribution in [2.45, 2.75) is 0 Å². The van der Waals surface area contributed by atoms with E-state index in [1.165, 1.54) is 98.4 Å². The van der Waals surface area contributed by atoms with E-state index >= 15 is 0 Å². The molecule has 0 saturated carbocycles. The van der Waals surface area contributed by atoms with Crippen LogP contribution >= 0.6 is 0 Å². The van der Waals surface area contributed by atoms with Crippen LogP contribution < -0.4 is 4.90 Å². The third-order valence-electron chi connectivity index (χ3n) is 12.8. The minimum atomic E-state index is 1.10. The van der Waals surface area contributed by atoms with Crippen LogP contribution in [0.3, 0.4) is 0 Å². The number of nitrogens with zero attached hydrogens (tertiary/aromatic N) is 1. The van der Waals surface area contributed by atoms with Crippen LogP contribution in [0, 0.1) is 0 Å². The van der Waals surface area contributed by atoms with Gasteiger partial charge >= 0.3 is 0 Å². The molecule has 12 aromatic carbocycles. The molecule has 0 aliphatic rings. The lowest BCUT2D eigenvalue weighted by Gasteiger charge is -2.30. The van der Waals surface area contributed by atoms with Gasteiger partial charge in [-0.1, -0.05) is 218 Å². The summed E-state index contributed by atoms with van der Waals surface area (Å²) in [5, 5.41) is 12.3. The van der Waals surface area contributed by atoms with Crippen LogP contribution in [-0.4, -0.2) is 0 Å². The molecule has 0 aromatic heterocycles. The highest BCUT2D eigenvalue weighted by molar-refractivity contribution is 6.33. The van der Waals surface area contributed by atoms with Gasteiger partial charge in [0.25, 0.3) is 0 Å². The molecule has 63 heavy (non-hydrogen) atoms. The van der Waals surface area contributed by atoms with E-state index in [1.54, 1.807) is 0 Å². The maximum atomic E-state index is 2.49. The molecule has 12 aromatic rings. The summed E-state index contributed by atoms with van der Waals surface area (Å²) in [4.78, 5) is 2.49. The Balaban J connectivity index is 1.22.